The highest BCUT2D eigenvalue weighted by atomic mass is 32.1. The van der Waals surface area contributed by atoms with Crippen LogP contribution in [0.5, 0.6) is 0 Å². The SMILES string of the molecule is O=C1Cc2cc(-c3csc(CNC(=O)c4ccc(F)cc4)n3)ccc2N1. The number of nitrogens with one attached hydrogen (secondary N) is 2. The summed E-state index contributed by atoms with van der Waals surface area (Å²) in [7, 11) is 0. The zero-order chi connectivity index (χ0) is 18.1. The van der Waals surface area contributed by atoms with Gasteiger partial charge >= 0.3 is 0 Å². The van der Waals surface area contributed by atoms with E-state index in [2.05, 4.69) is 15.6 Å². The smallest absolute Gasteiger partial charge is 0.251 e. The number of rotatable bonds is 4. The quantitative estimate of drug-likeness (QED) is 0.743. The number of halogens is 1. The average molecular weight is 367 g/mol. The van der Waals surface area contributed by atoms with Gasteiger partial charge in [-0.25, -0.2) is 9.37 Å². The normalized spacial score (nSPS) is 12.6. The van der Waals surface area contributed by atoms with Crippen molar-refractivity contribution in [2.75, 3.05) is 5.32 Å². The van der Waals surface area contributed by atoms with Gasteiger partial charge in [-0.15, -0.1) is 11.3 Å². The van der Waals surface area contributed by atoms with Gasteiger partial charge in [0, 0.05) is 22.2 Å². The Morgan fingerprint density at radius 1 is 1.23 bits per heavy atom. The molecule has 0 spiro atoms. The van der Waals surface area contributed by atoms with Gasteiger partial charge in [-0.1, -0.05) is 6.07 Å². The first-order valence-corrected chi connectivity index (χ1v) is 8.88. The topological polar surface area (TPSA) is 71.1 Å². The van der Waals surface area contributed by atoms with Crippen LogP contribution in [0.1, 0.15) is 20.9 Å². The molecule has 0 aliphatic carbocycles. The molecular formula is C19H14FN3O2S. The summed E-state index contributed by atoms with van der Waals surface area (Å²) in [6, 6.07) is 11.2. The van der Waals surface area contributed by atoms with Gasteiger partial charge in [0.2, 0.25) is 5.91 Å². The van der Waals surface area contributed by atoms with Crippen molar-refractivity contribution < 1.29 is 14.0 Å². The molecule has 1 aromatic heterocycles. The van der Waals surface area contributed by atoms with Gasteiger partial charge < -0.3 is 10.6 Å². The van der Waals surface area contributed by atoms with Gasteiger partial charge in [0.25, 0.3) is 5.91 Å². The van der Waals surface area contributed by atoms with Crippen LogP contribution in [0, 0.1) is 5.82 Å². The number of hydrogen-bond acceptors (Lipinski definition) is 4. The lowest BCUT2D eigenvalue weighted by atomic mass is 10.1. The first-order valence-electron chi connectivity index (χ1n) is 8.00. The number of amides is 2. The predicted octanol–water partition coefficient (Wildman–Crippen LogP) is 3.37. The van der Waals surface area contributed by atoms with Crippen molar-refractivity contribution >= 4 is 28.8 Å². The molecule has 0 saturated heterocycles. The van der Waals surface area contributed by atoms with E-state index < -0.39 is 0 Å². The lowest BCUT2D eigenvalue weighted by molar-refractivity contribution is -0.115. The minimum atomic E-state index is -0.377. The van der Waals surface area contributed by atoms with Crippen molar-refractivity contribution in [2.24, 2.45) is 0 Å². The Bertz CT molecular complexity index is 998. The van der Waals surface area contributed by atoms with Crippen LogP contribution >= 0.6 is 11.3 Å². The minimum absolute atomic E-state index is 0.000350. The number of thiazole rings is 1. The van der Waals surface area contributed by atoms with Crippen molar-refractivity contribution in [3.8, 4) is 11.3 Å². The number of carbonyl (C=O) groups excluding carboxylic acids is 2. The molecule has 2 amide bonds. The second-order valence-corrected chi connectivity index (χ2v) is 6.86. The number of fused-ring (bicyclic) bond motifs is 1. The monoisotopic (exact) mass is 367 g/mol. The van der Waals surface area contributed by atoms with Crippen molar-refractivity contribution in [3.63, 3.8) is 0 Å². The molecule has 1 aliphatic heterocycles. The van der Waals surface area contributed by atoms with Crippen LogP contribution in [0.3, 0.4) is 0 Å². The highest BCUT2D eigenvalue weighted by molar-refractivity contribution is 7.09. The third-order valence-electron chi connectivity index (χ3n) is 4.08. The van der Waals surface area contributed by atoms with Gasteiger partial charge in [-0.05, 0) is 42.0 Å². The van der Waals surface area contributed by atoms with Crippen LogP contribution in [-0.2, 0) is 17.8 Å². The standard InChI is InChI=1S/C19H14FN3O2S/c20-14-4-1-11(2-5-14)19(25)21-9-18-23-16(10-26-18)12-3-6-15-13(7-12)8-17(24)22-15/h1-7,10H,8-9H2,(H,21,25)(H,22,24). The average Bonchev–Trinajstić information content (AvgIpc) is 3.25. The van der Waals surface area contributed by atoms with Gasteiger partial charge in [0.05, 0.1) is 18.7 Å². The van der Waals surface area contributed by atoms with E-state index >= 15 is 0 Å². The number of carbonyl (C=O) groups is 2. The molecule has 2 aromatic carbocycles. The van der Waals surface area contributed by atoms with Crippen molar-refractivity contribution in [2.45, 2.75) is 13.0 Å². The zero-order valence-electron chi connectivity index (χ0n) is 13.6. The van der Waals surface area contributed by atoms with Crippen LogP contribution in [0.4, 0.5) is 10.1 Å². The third kappa shape index (κ3) is 3.34. The second-order valence-electron chi connectivity index (χ2n) is 5.91. The Labute approximate surface area is 152 Å². The number of nitrogens with zero attached hydrogens (tertiary/aromatic N) is 1. The van der Waals surface area contributed by atoms with Crippen LogP contribution in [0.25, 0.3) is 11.3 Å². The maximum atomic E-state index is 12.9. The van der Waals surface area contributed by atoms with E-state index in [9.17, 15) is 14.0 Å². The van der Waals surface area contributed by atoms with Crippen LogP contribution in [0.2, 0.25) is 0 Å². The van der Waals surface area contributed by atoms with Crippen LogP contribution in [-0.4, -0.2) is 16.8 Å². The fourth-order valence-corrected chi connectivity index (χ4v) is 3.52. The van der Waals surface area contributed by atoms with Crippen molar-refractivity contribution in [1.29, 1.82) is 0 Å². The molecule has 0 bridgehead atoms. The predicted molar refractivity (Wildman–Crippen MR) is 97.5 cm³/mol. The molecule has 3 aromatic rings. The Morgan fingerprint density at radius 3 is 2.85 bits per heavy atom. The maximum Gasteiger partial charge on any atom is 0.251 e. The first-order chi connectivity index (χ1) is 12.6. The van der Waals surface area contributed by atoms with Gasteiger partial charge in [0.15, 0.2) is 0 Å². The molecule has 4 rings (SSSR count). The molecule has 26 heavy (non-hydrogen) atoms. The van der Waals surface area contributed by atoms with Gasteiger partial charge in [-0.3, -0.25) is 9.59 Å². The summed E-state index contributed by atoms with van der Waals surface area (Å²) in [5, 5.41) is 8.27. The molecule has 0 atom stereocenters. The molecule has 1 aliphatic rings. The van der Waals surface area contributed by atoms with Crippen molar-refractivity contribution in [3.05, 3.63) is 69.8 Å². The molecular weight excluding hydrogens is 353 g/mol. The minimum Gasteiger partial charge on any atom is -0.346 e. The van der Waals surface area contributed by atoms with E-state index in [4.69, 9.17) is 0 Å². The molecule has 0 unspecified atom stereocenters. The lowest BCUT2D eigenvalue weighted by Gasteiger charge is -2.03. The molecule has 0 saturated carbocycles. The Morgan fingerprint density at radius 2 is 2.04 bits per heavy atom. The van der Waals surface area contributed by atoms with Crippen LogP contribution < -0.4 is 10.6 Å². The number of benzene rings is 2. The molecule has 130 valence electrons. The summed E-state index contributed by atoms with van der Waals surface area (Å²) in [4.78, 5) is 28.1. The molecule has 0 fully saturated rings. The summed E-state index contributed by atoms with van der Waals surface area (Å²) in [6.45, 7) is 0.297. The summed E-state index contributed by atoms with van der Waals surface area (Å²) in [5.74, 6) is -0.652. The number of anilines is 1. The summed E-state index contributed by atoms with van der Waals surface area (Å²) in [6.07, 6.45) is 0.383. The van der Waals surface area contributed by atoms with E-state index in [0.29, 0.717) is 18.5 Å². The van der Waals surface area contributed by atoms with Gasteiger partial charge in [-0.2, -0.15) is 0 Å². The molecule has 5 nitrogen and oxygen atoms in total. The summed E-state index contributed by atoms with van der Waals surface area (Å²) in [5.41, 5.74) is 3.96. The van der Waals surface area contributed by atoms with Crippen molar-refractivity contribution in [1.82, 2.24) is 10.3 Å². The molecule has 2 N–H and O–H groups in total. The second kappa shape index (κ2) is 6.68. The highest BCUT2D eigenvalue weighted by Gasteiger charge is 2.18. The van der Waals surface area contributed by atoms with E-state index in [-0.39, 0.29) is 17.6 Å². The zero-order valence-corrected chi connectivity index (χ0v) is 14.4. The summed E-state index contributed by atoms with van der Waals surface area (Å²) < 4.78 is 12.9. The van der Waals surface area contributed by atoms with E-state index in [1.165, 1.54) is 35.6 Å². The maximum absolute atomic E-state index is 12.9. The fraction of sp³-hybridized carbons (Fsp3) is 0.105. The Kier molecular flexibility index (Phi) is 4.22. The molecule has 2 heterocycles. The van der Waals surface area contributed by atoms with E-state index in [1.54, 1.807) is 0 Å². The largest absolute Gasteiger partial charge is 0.346 e. The van der Waals surface area contributed by atoms with Crippen LogP contribution in [0.15, 0.2) is 47.8 Å². The fourth-order valence-electron chi connectivity index (χ4n) is 2.77. The number of hydrogen-bond donors (Lipinski definition) is 2. The Balaban J connectivity index is 1.44. The lowest BCUT2D eigenvalue weighted by Crippen LogP contribution is -2.22. The van der Waals surface area contributed by atoms with E-state index in [1.807, 2.05) is 23.6 Å². The number of aromatic nitrogens is 1. The third-order valence-corrected chi connectivity index (χ3v) is 4.93. The summed E-state index contributed by atoms with van der Waals surface area (Å²) >= 11 is 1.45. The van der Waals surface area contributed by atoms with E-state index in [0.717, 1.165) is 27.5 Å². The molecule has 7 heteroatoms. The first kappa shape index (κ1) is 16.4. The van der Waals surface area contributed by atoms with Gasteiger partial charge in [0.1, 0.15) is 10.8 Å². The Hall–Kier alpha value is -3.06. The highest BCUT2D eigenvalue weighted by Crippen LogP contribution is 2.29. The molecule has 0 radical (unpaired) electrons.